The summed E-state index contributed by atoms with van der Waals surface area (Å²) in [7, 11) is 0. The van der Waals surface area contributed by atoms with Crippen LogP contribution in [-0.2, 0) is 11.2 Å². The summed E-state index contributed by atoms with van der Waals surface area (Å²) in [5, 5.41) is 7.08. The first-order valence-corrected chi connectivity index (χ1v) is 11.5. The number of H-pyrrole nitrogens is 1. The molecule has 1 aromatic carbocycles. The highest BCUT2D eigenvalue weighted by Crippen LogP contribution is 2.29. The lowest BCUT2D eigenvalue weighted by molar-refractivity contribution is -0.131. The Morgan fingerprint density at radius 1 is 0.912 bits per heavy atom. The van der Waals surface area contributed by atoms with Crippen molar-refractivity contribution in [2.45, 2.75) is 20.3 Å². The van der Waals surface area contributed by atoms with Gasteiger partial charge < -0.3 is 19.3 Å². The molecule has 2 amide bonds. The zero-order valence-electron chi connectivity index (χ0n) is 19.5. The van der Waals surface area contributed by atoms with E-state index >= 15 is 0 Å². The van der Waals surface area contributed by atoms with Gasteiger partial charge in [0.05, 0.1) is 25.3 Å². The quantitative estimate of drug-likeness (QED) is 0.551. The van der Waals surface area contributed by atoms with Crippen molar-refractivity contribution >= 4 is 11.8 Å². The molecule has 1 aliphatic heterocycles. The first-order valence-electron chi connectivity index (χ1n) is 11.5. The molecule has 1 fully saturated rings. The van der Waals surface area contributed by atoms with Crippen LogP contribution in [0.25, 0.3) is 11.3 Å². The monoisotopic (exact) mass is 463 g/mol. The third-order valence-corrected chi connectivity index (χ3v) is 5.67. The molecule has 9 heteroatoms. The van der Waals surface area contributed by atoms with Crippen molar-refractivity contribution in [3.05, 3.63) is 60.0 Å². The Kier molecular flexibility index (Phi) is 7.41. The molecule has 0 spiro atoms. The lowest BCUT2D eigenvalue weighted by atomic mass is 10.1. The maximum Gasteiger partial charge on any atom is 0.272 e. The standard InChI is InChI=1S/C25H29N5O4/c1-3-33-22-6-5-18(15-23(22)34-4-2)16-24(31)29-11-13-30(14-12-29)25(32)21-17-20(27-28-21)19-7-9-26-10-8-19/h5-10,15,17H,3-4,11-14,16H2,1-2H3,(H,27,28). The number of nitrogens with one attached hydrogen (secondary N) is 1. The Morgan fingerprint density at radius 2 is 1.59 bits per heavy atom. The van der Waals surface area contributed by atoms with Gasteiger partial charge in [-0.25, -0.2) is 0 Å². The van der Waals surface area contributed by atoms with Gasteiger partial charge in [0, 0.05) is 44.1 Å². The second kappa shape index (κ2) is 10.8. The molecule has 2 aromatic heterocycles. The van der Waals surface area contributed by atoms with Gasteiger partial charge in [-0.2, -0.15) is 5.10 Å². The molecular formula is C25H29N5O4. The SMILES string of the molecule is CCOc1ccc(CC(=O)N2CCN(C(=O)c3cc(-c4ccncc4)n[nH]3)CC2)cc1OCC. The minimum Gasteiger partial charge on any atom is -0.490 e. The average molecular weight is 464 g/mol. The van der Waals surface area contributed by atoms with Crippen LogP contribution in [0.15, 0.2) is 48.8 Å². The largest absolute Gasteiger partial charge is 0.490 e. The predicted molar refractivity (Wildman–Crippen MR) is 127 cm³/mol. The van der Waals surface area contributed by atoms with Crippen LogP contribution in [0.3, 0.4) is 0 Å². The second-order valence-electron chi connectivity index (χ2n) is 7.90. The number of ether oxygens (including phenoxy) is 2. The zero-order chi connectivity index (χ0) is 23.9. The molecule has 1 aliphatic rings. The van der Waals surface area contributed by atoms with E-state index in [0.29, 0.717) is 62.3 Å². The van der Waals surface area contributed by atoms with Crippen molar-refractivity contribution < 1.29 is 19.1 Å². The van der Waals surface area contributed by atoms with Gasteiger partial charge in [0.15, 0.2) is 11.5 Å². The maximum atomic E-state index is 12.9. The number of piperazine rings is 1. The first kappa shape index (κ1) is 23.3. The van der Waals surface area contributed by atoms with Gasteiger partial charge in [-0.15, -0.1) is 0 Å². The third kappa shape index (κ3) is 5.36. The zero-order valence-corrected chi connectivity index (χ0v) is 19.5. The minimum absolute atomic E-state index is 0.0280. The molecule has 9 nitrogen and oxygen atoms in total. The highest BCUT2D eigenvalue weighted by molar-refractivity contribution is 5.93. The van der Waals surface area contributed by atoms with Crippen molar-refractivity contribution in [1.29, 1.82) is 0 Å². The summed E-state index contributed by atoms with van der Waals surface area (Å²) in [4.78, 5) is 33.3. The number of carbonyl (C=O) groups is 2. The molecule has 0 saturated carbocycles. The van der Waals surface area contributed by atoms with Gasteiger partial charge in [-0.3, -0.25) is 19.7 Å². The molecule has 4 rings (SSSR count). The fraction of sp³-hybridized carbons (Fsp3) is 0.360. The molecule has 0 atom stereocenters. The topological polar surface area (TPSA) is 101 Å². The molecule has 3 heterocycles. The summed E-state index contributed by atoms with van der Waals surface area (Å²) < 4.78 is 11.3. The fourth-order valence-electron chi connectivity index (χ4n) is 3.92. The Hall–Kier alpha value is -3.88. The number of aromatic nitrogens is 3. The molecule has 0 unspecified atom stereocenters. The average Bonchev–Trinajstić information content (AvgIpc) is 3.36. The number of aromatic amines is 1. The second-order valence-corrected chi connectivity index (χ2v) is 7.90. The van der Waals surface area contributed by atoms with Crippen molar-refractivity contribution in [3.8, 4) is 22.8 Å². The number of carbonyl (C=O) groups excluding carboxylic acids is 2. The van der Waals surface area contributed by atoms with E-state index in [0.717, 1.165) is 11.1 Å². The fourth-order valence-corrected chi connectivity index (χ4v) is 3.92. The maximum absolute atomic E-state index is 12.9. The van der Waals surface area contributed by atoms with E-state index in [1.165, 1.54) is 0 Å². The molecule has 3 aromatic rings. The Labute approximate surface area is 198 Å². The molecule has 1 N–H and O–H groups in total. The van der Waals surface area contributed by atoms with Gasteiger partial charge >= 0.3 is 0 Å². The number of nitrogens with zero attached hydrogens (tertiary/aromatic N) is 4. The lowest BCUT2D eigenvalue weighted by Gasteiger charge is -2.34. The summed E-state index contributed by atoms with van der Waals surface area (Å²) in [6.07, 6.45) is 3.65. The van der Waals surface area contributed by atoms with E-state index in [2.05, 4.69) is 15.2 Å². The number of amides is 2. The lowest BCUT2D eigenvalue weighted by Crippen LogP contribution is -2.51. The van der Waals surface area contributed by atoms with Crippen molar-refractivity contribution in [3.63, 3.8) is 0 Å². The first-order chi connectivity index (χ1) is 16.6. The van der Waals surface area contributed by atoms with Crippen LogP contribution in [0, 0.1) is 0 Å². The van der Waals surface area contributed by atoms with Gasteiger partial charge in [0.2, 0.25) is 5.91 Å². The van der Waals surface area contributed by atoms with Gasteiger partial charge in [-0.1, -0.05) is 6.07 Å². The van der Waals surface area contributed by atoms with Crippen molar-refractivity contribution in [2.24, 2.45) is 0 Å². The number of rotatable bonds is 8. The van der Waals surface area contributed by atoms with Crippen LogP contribution in [0.4, 0.5) is 0 Å². The van der Waals surface area contributed by atoms with Gasteiger partial charge in [0.25, 0.3) is 5.91 Å². The smallest absolute Gasteiger partial charge is 0.272 e. The van der Waals surface area contributed by atoms with E-state index in [1.54, 1.807) is 28.3 Å². The molecule has 0 radical (unpaired) electrons. The number of pyridine rings is 1. The van der Waals surface area contributed by atoms with Crippen LogP contribution in [-0.4, -0.2) is 76.2 Å². The molecular weight excluding hydrogens is 434 g/mol. The Balaban J connectivity index is 1.33. The highest BCUT2D eigenvalue weighted by Gasteiger charge is 2.26. The molecule has 0 aliphatic carbocycles. The van der Waals surface area contributed by atoms with Gasteiger partial charge in [0.1, 0.15) is 5.69 Å². The van der Waals surface area contributed by atoms with Crippen LogP contribution in [0.5, 0.6) is 11.5 Å². The van der Waals surface area contributed by atoms with Crippen LogP contribution < -0.4 is 9.47 Å². The summed E-state index contributed by atoms with van der Waals surface area (Å²) in [6, 6.07) is 11.0. The molecule has 34 heavy (non-hydrogen) atoms. The Bertz CT molecular complexity index is 1120. The minimum atomic E-state index is -0.118. The van der Waals surface area contributed by atoms with E-state index in [-0.39, 0.29) is 18.2 Å². The van der Waals surface area contributed by atoms with E-state index < -0.39 is 0 Å². The normalized spacial score (nSPS) is 13.6. The van der Waals surface area contributed by atoms with E-state index in [9.17, 15) is 9.59 Å². The third-order valence-electron chi connectivity index (χ3n) is 5.67. The summed E-state index contributed by atoms with van der Waals surface area (Å²) in [5.74, 6) is 1.24. The number of hydrogen-bond acceptors (Lipinski definition) is 6. The van der Waals surface area contributed by atoms with Crippen molar-refractivity contribution in [1.82, 2.24) is 25.0 Å². The van der Waals surface area contributed by atoms with Crippen molar-refractivity contribution in [2.75, 3.05) is 39.4 Å². The van der Waals surface area contributed by atoms with Crippen LogP contribution in [0.2, 0.25) is 0 Å². The summed E-state index contributed by atoms with van der Waals surface area (Å²) >= 11 is 0. The van der Waals surface area contributed by atoms with Crippen LogP contribution >= 0.6 is 0 Å². The van der Waals surface area contributed by atoms with Crippen LogP contribution in [0.1, 0.15) is 29.9 Å². The Morgan fingerprint density at radius 3 is 2.29 bits per heavy atom. The van der Waals surface area contributed by atoms with Gasteiger partial charge in [-0.05, 0) is 49.7 Å². The summed E-state index contributed by atoms with van der Waals surface area (Å²) in [6.45, 7) is 6.83. The number of hydrogen-bond donors (Lipinski definition) is 1. The number of benzene rings is 1. The molecule has 178 valence electrons. The molecule has 1 saturated heterocycles. The summed E-state index contributed by atoms with van der Waals surface area (Å²) in [5.41, 5.74) is 2.89. The van der Waals surface area contributed by atoms with E-state index in [4.69, 9.17) is 9.47 Å². The molecule has 0 bridgehead atoms. The highest BCUT2D eigenvalue weighted by atomic mass is 16.5. The predicted octanol–water partition coefficient (Wildman–Crippen LogP) is 2.80. The van der Waals surface area contributed by atoms with E-state index in [1.807, 2.05) is 44.2 Å².